The molecule has 0 aliphatic carbocycles. The molecule has 1 aliphatic heterocycles. The maximum atomic E-state index is 11.4. The molecular weight excluding hydrogens is 520 g/mol. The van der Waals surface area contributed by atoms with Crippen molar-refractivity contribution in [2.24, 2.45) is 0 Å². The molecule has 0 saturated carbocycles. The Morgan fingerprint density at radius 3 is 2.24 bits per heavy atom. The lowest BCUT2D eigenvalue weighted by molar-refractivity contribution is -0.113. The van der Waals surface area contributed by atoms with Gasteiger partial charge in [-0.3, -0.25) is 10.1 Å². The van der Waals surface area contributed by atoms with Crippen molar-refractivity contribution in [1.29, 1.82) is 0 Å². The Balaban J connectivity index is 0.000000230. The molecular formula is C29H36N2O5S2. The smallest absolute Gasteiger partial charge is 0.179 e. The second-order valence-electron chi connectivity index (χ2n) is 8.13. The Labute approximate surface area is 234 Å². The van der Waals surface area contributed by atoms with Crippen molar-refractivity contribution in [3.05, 3.63) is 66.2 Å². The molecule has 2 N–H and O–H groups in total. The van der Waals surface area contributed by atoms with Gasteiger partial charge in [0.1, 0.15) is 17.0 Å². The summed E-state index contributed by atoms with van der Waals surface area (Å²) in [6, 6.07) is 19.2. The fourth-order valence-electron chi connectivity index (χ4n) is 3.58. The zero-order chi connectivity index (χ0) is 27.3. The maximum absolute atomic E-state index is 11.4. The van der Waals surface area contributed by atoms with Crippen molar-refractivity contribution in [3.8, 4) is 23.0 Å². The molecule has 4 rings (SSSR count). The van der Waals surface area contributed by atoms with Crippen molar-refractivity contribution in [1.82, 2.24) is 5.32 Å². The van der Waals surface area contributed by atoms with E-state index in [-0.39, 0.29) is 5.50 Å². The van der Waals surface area contributed by atoms with Crippen LogP contribution in [0.2, 0.25) is 0 Å². The molecule has 2 atom stereocenters. The molecule has 0 saturated heterocycles. The number of nitrogens with one attached hydrogen (secondary N) is 2. The number of fused-ring (bicyclic) bond motifs is 1. The quantitative estimate of drug-likeness (QED) is 0.189. The van der Waals surface area contributed by atoms with E-state index in [0.717, 1.165) is 47.0 Å². The molecule has 0 radical (unpaired) electrons. The Bertz CT molecular complexity index is 1110. The second-order valence-corrected chi connectivity index (χ2v) is 10.6. The van der Waals surface area contributed by atoms with Gasteiger partial charge in [-0.05, 0) is 67.2 Å². The van der Waals surface area contributed by atoms with E-state index < -0.39 is 6.10 Å². The fourth-order valence-corrected chi connectivity index (χ4v) is 5.21. The van der Waals surface area contributed by atoms with E-state index in [0.29, 0.717) is 12.4 Å². The SMILES string of the molecule is CCCOc1ccc(OC(C=O)c2ccc(SCC)cc2)cc1.CNC1Nc2cc(OC)c(OC)cc2S1. The molecule has 204 valence electrons. The molecule has 7 nitrogen and oxygen atoms in total. The van der Waals surface area contributed by atoms with E-state index in [4.69, 9.17) is 18.9 Å². The van der Waals surface area contributed by atoms with Crippen molar-refractivity contribution >= 4 is 35.5 Å². The van der Waals surface area contributed by atoms with E-state index in [1.165, 1.54) is 9.79 Å². The molecule has 0 aromatic heterocycles. The van der Waals surface area contributed by atoms with E-state index in [1.807, 2.05) is 67.7 Å². The molecule has 38 heavy (non-hydrogen) atoms. The number of hydrogen-bond donors (Lipinski definition) is 2. The molecule has 9 heteroatoms. The van der Waals surface area contributed by atoms with Gasteiger partial charge in [0.2, 0.25) is 0 Å². The lowest BCUT2D eigenvalue weighted by atomic mass is 10.1. The number of aldehydes is 1. The summed E-state index contributed by atoms with van der Waals surface area (Å²) in [5.41, 5.74) is 2.15. The van der Waals surface area contributed by atoms with Gasteiger partial charge in [-0.15, -0.1) is 11.8 Å². The van der Waals surface area contributed by atoms with E-state index in [1.54, 1.807) is 37.7 Å². The van der Waals surface area contributed by atoms with Crippen LogP contribution in [-0.2, 0) is 4.79 Å². The Kier molecular flexibility index (Phi) is 12.0. The Morgan fingerprint density at radius 2 is 1.66 bits per heavy atom. The maximum Gasteiger partial charge on any atom is 0.179 e. The van der Waals surface area contributed by atoms with Crippen LogP contribution < -0.4 is 29.6 Å². The van der Waals surface area contributed by atoms with Gasteiger partial charge in [0.25, 0.3) is 0 Å². The highest BCUT2D eigenvalue weighted by Crippen LogP contribution is 2.43. The summed E-state index contributed by atoms with van der Waals surface area (Å²) in [7, 11) is 5.21. The van der Waals surface area contributed by atoms with Crippen LogP contribution in [0, 0.1) is 0 Å². The number of rotatable bonds is 12. The first-order chi connectivity index (χ1) is 18.5. The van der Waals surface area contributed by atoms with Gasteiger partial charge in [0.15, 0.2) is 23.9 Å². The molecule has 1 heterocycles. The number of methoxy groups -OCH3 is 2. The summed E-state index contributed by atoms with van der Waals surface area (Å²) in [5.74, 6) is 4.00. The number of carbonyl (C=O) groups is 1. The minimum absolute atomic E-state index is 0.219. The number of benzene rings is 3. The molecule has 0 amide bonds. The normalized spacial score (nSPS) is 14.3. The van der Waals surface area contributed by atoms with Gasteiger partial charge in [0, 0.05) is 15.9 Å². The van der Waals surface area contributed by atoms with Crippen LogP contribution in [0.5, 0.6) is 23.0 Å². The average molecular weight is 557 g/mol. The van der Waals surface area contributed by atoms with E-state index in [9.17, 15) is 4.79 Å². The molecule has 0 fully saturated rings. The largest absolute Gasteiger partial charge is 0.494 e. The second kappa shape index (κ2) is 15.4. The van der Waals surface area contributed by atoms with Crippen LogP contribution in [0.4, 0.5) is 5.69 Å². The third kappa shape index (κ3) is 8.24. The van der Waals surface area contributed by atoms with Gasteiger partial charge < -0.3 is 24.3 Å². The van der Waals surface area contributed by atoms with Crippen LogP contribution in [0.1, 0.15) is 31.9 Å². The van der Waals surface area contributed by atoms with Gasteiger partial charge in [-0.2, -0.15) is 0 Å². The van der Waals surface area contributed by atoms with Crippen LogP contribution in [0.15, 0.2) is 70.5 Å². The summed E-state index contributed by atoms with van der Waals surface area (Å²) in [5, 5.41) is 6.48. The highest BCUT2D eigenvalue weighted by molar-refractivity contribution is 8.00. The van der Waals surface area contributed by atoms with Gasteiger partial charge >= 0.3 is 0 Å². The van der Waals surface area contributed by atoms with Crippen LogP contribution in [-0.4, -0.2) is 45.4 Å². The number of hydrogen-bond acceptors (Lipinski definition) is 9. The third-order valence-electron chi connectivity index (χ3n) is 5.48. The fraction of sp³-hybridized carbons (Fsp3) is 0.345. The minimum atomic E-state index is -0.599. The topological polar surface area (TPSA) is 78.1 Å². The minimum Gasteiger partial charge on any atom is -0.494 e. The predicted molar refractivity (Wildman–Crippen MR) is 156 cm³/mol. The van der Waals surface area contributed by atoms with Crippen LogP contribution in [0.3, 0.4) is 0 Å². The van der Waals surface area contributed by atoms with Crippen LogP contribution in [0.25, 0.3) is 0 Å². The molecule has 0 spiro atoms. The number of ether oxygens (including phenoxy) is 4. The Morgan fingerprint density at radius 1 is 1.00 bits per heavy atom. The van der Waals surface area contributed by atoms with Crippen LogP contribution >= 0.6 is 23.5 Å². The van der Waals surface area contributed by atoms with Crippen molar-refractivity contribution in [2.45, 2.75) is 41.7 Å². The lowest BCUT2D eigenvalue weighted by Gasteiger charge is -2.15. The van der Waals surface area contributed by atoms with E-state index >= 15 is 0 Å². The highest BCUT2D eigenvalue weighted by atomic mass is 32.2. The summed E-state index contributed by atoms with van der Waals surface area (Å²) >= 11 is 3.50. The van der Waals surface area contributed by atoms with E-state index in [2.05, 4.69) is 24.5 Å². The lowest BCUT2D eigenvalue weighted by Crippen LogP contribution is -2.26. The molecule has 2 unspecified atom stereocenters. The first-order valence-electron chi connectivity index (χ1n) is 12.5. The molecule has 3 aromatic carbocycles. The number of anilines is 1. The standard InChI is InChI=1S/C19H22O3S.C10H14N2O2S/c1-3-13-21-16-7-9-17(10-8-16)22-19(14-20)15-5-11-18(12-6-15)23-4-2;1-11-10-12-6-4-7(13-2)8(14-3)5-9(6)15-10/h5-12,14,19H,3-4,13H2,1-2H3;4-5,10-12H,1-3H3. The first kappa shape index (κ1) is 29.5. The highest BCUT2D eigenvalue weighted by Gasteiger charge is 2.22. The predicted octanol–water partition coefficient (Wildman–Crippen LogP) is 6.63. The third-order valence-corrected chi connectivity index (χ3v) is 7.56. The number of carbonyl (C=O) groups excluding carboxylic acids is 1. The van der Waals surface area contributed by atoms with Gasteiger partial charge in [-0.25, -0.2) is 0 Å². The first-order valence-corrected chi connectivity index (χ1v) is 14.4. The van der Waals surface area contributed by atoms with Crippen molar-refractivity contribution in [2.75, 3.05) is 38.9 Å². The van der Waals surface area contributed by atoms with Crippen molar-refractivity contribution in [3.63, 3.8) is 0 Å². The summed E-state index contributed by atoms with van der Waals surface area (Å²) in [4.78, 5) is 13.7. The van der Waals surface area contributed by atoms with Gasteiger partial charge in [-0.1, -0.05) is 37.7 Å². The Hall–Kier alpha value is -3.01. The summed E-state index contributed by atoms with van der Waals surface area (Å²) in [6.45, 7) is 4.87. The molecule has 3 aromatic rings. The van der Waals surface area contributed by atoms with Crippen molar-refractivity contribution < 1.29 is 23.7 Å². The summed E-state index contributed by atoms with van der Waals surface area (Å²) < 4.78 is 21.8. The molecule has 0 bridgehead atoms. The monoisotopic (exact) mass is 556 g/mol. The van der Waals surface area contributed by atoms with Gasteiger partial charge in [0.05, 0.1) is 26.5 Å². The number of thioether (sulfide) groups is 2. The zero-order valence-electron chi connectivity index (χ0n) is 22.5. The average Bonchev–Trinajstić information content (AvgIpc) is 3.38. The molecule has 1 aliphatic rings. The summed E-state index contributed by atoms with van der Waals surface area (Å²) in [6.07, 6.45) is 1.19. The zero-order valence-corrected chi connectivity index (χ0v) is 24.1.